The maximum Gasteiger partial charge on any atom is 0.185 e. The second-order valence-electron chi connectivity index (χ2n) is 5.54. The normalized spacial score (nSPS) is 17.1. The highest BCUT2D eigenvalue weighted by Gasteiger charge is 2.17. The highest BCUT2D eigenvalue weighted by molar-refractivity contribution is 7.13. The Balaban J connectivity index is 1.54. The van der Waals surface area contributed by atoms with Gasteiger partial charge in [-0.15, -0.1) is 11.3 Å². The van der Waals surface area contributed by atoms with Crippen molar-refractivity contribution >= 4 is 16.5 Å². The van der Waals surface area contributed by atoms with Crippen LogP contribution in [0.4, 0.5) is 5.13 Å². The Morgan fingerprint density at radius 3 is 3.00 bits per heavy atom. The molecule has 0 aliphatic carbocycles. The van der Waals surface area contributed by atoms with Crippen molar-refractivity contribution in [2.45, 2.75) is 32.9 Å². The molecular weight excluding hydrogens is 282 g/mol. The molecule has 1 fully saturated rings. The van der Waals surface area contributed by atoms with Gasteiger partial charge in [-0.05, 0) is 12.8 Å². The molecule has 114 valence electrons. The molecule has 2 aromatic rings. The van der Waals surface area contributed by atoms with E-state index in [1.54, 1.807) is 11.3 Å². The van der Waals surface area contributed by atoms with E-state index >= 15 is 0 Å². The Kier molecular flexibility index (Phi) is 4.87. The average Bonchev–Trinajstić information content (AvgIpc) is 3.10. The fourth-order valence-corrected chi connectivity index (χ4v) is 3.49. The van der Waals surface area contributed by atoms with E-state index in [0.717, 1.165) is 50.8 Å². The summed E-state index contributed by atoms with van der Waals surface area (Å²) >= 11 is 1.74. The SMILES string of the molecule is CCCn1cc(CN2CCCN(c3nccs3)CC2)cn1. The fraction of sp³-hybridized carbons (Fsp3) is 0.600. The lowest BCUT2D eigenvalue weighted by Crippen LogP contribution is -2.30. The van der Waals surface area contributed by atoms with Gasteiger partial charge in [0.25, 0.3) is 0 Å². The van der Waals surface area contributed by atoms with Crippen LogP contribution in [-0.2, 0) is 13.1 Å². The minimum absolute atomic E-state index is 1.01. The van der Waals surface area contributed by atoms with Gasteiger partial charge in [-0.2, -0.15) is 5.10 Å². The van der Waals surface area contributed by atoms with E-state index in [4.69, 9.17) is 0 Å². The standard InChI is InChI=1S/C15H23N5S/c1-2-5-20-13-14(11-17-20)12-18-6-3-7-19(9-8-18)15-16-4-10-21-15/h4,10-11,13H,2-3,5-9,12H2,1H3. The minimum Gasteiger partial charge on any atom is -0.347 e. The molecule has 0 spiro atoms. The quantitative estimate of drug-likeness (QED) is 0.850. The summed E-state index contributed by atoms with van der Waals surface area (Å²) in [7, 11) is 0. The molecule has 0 radical (unpaired) electrons. The zero-order valence-electron chi connectivity index (χ0n) is 12.6. The van der Waals surface area contributed by atoms with Crippen LogP contribution in [0.15, 0.2) is 24.0 Å². The number of rotatable bonds is 5. The monoisotopic (exact) mass is 305 g/mol. The third-order valence-electron chi connectivity index (χ3n) is 3.82. The second-order valence-corrected chi connectivity index (χ2v) is 6.42. The number of hydrogen-bond donors (Lipinski definition) is 0. The van der Waals surface area contributed by atoms with Crippen LogP contribution in [0, 0.1) is 0 Å². The first-order valence-corrected chi connectivity index (χ1v) is 8.61. The summed E-state index contributed by atoms with van der Waals surface area (Å²) in [6.07, 6.45) is 8.42. The Hall–Kier alpha value is -1.40. The molecule has 1 aliphatic heterocycles. The smallest absolute Gasteiger partial charge is 0.185 e. The zero-order chi connectivity index (χ0) is 14.5. The summed E-state index contributed by atoms with van der Waals surface area (Å²) < 4.78 is 2.05. The van der Waals surface area contributed by atoms with Crippen LogP contribution in [0.3, 0.4) is 0 Å². The summed E-state index contributed by atoms with van der Waals surface area (Å²) in [5, 5.41) is 7.64. The number of aryl methyl sites for hydroxylation is 1. The lowest BCUT2D eigenvalue weighted by atomic mass is 10.3. The van der Waals surface area contributed by atoms with E-state index < -0.39 is 0 Å². The van der Waals surface area contributed by atoms with Gasteiger partial charge in [-0.3, -0.25) is 9.58 Å². The highest BCUT2D eigenvalue weighted by Crippen LogP contribution is 2.19. The van der Waals surface area contributed by atoms with Gasteiger partial charge >= 0.3 is 0 Å². The van der Waals surface area contributed by atoms with Crippen molar-refractivity contribution in [3.05, 3.63) is 29.5 Å². The Morgan fingerprint density at radius 1 is 1.24 bits per heavy atom. The largest absolute Gasteiger partial charge is 0.347 e. The number of aromatic nitrogens is 3. The van der Waals surface area contributed by atoms with Crippen molar-refractivity contribution in [3.63, 3.8) is 0 Å². The van der Waals surface area contributed by atoms with Crippen molar-refractivity contribution in [2.24, 2.45) is 0 Å². The lowest BCUT2D eigenvalue weighted by Gasteiger charge is -2.20. The molecule has 0 unspecified atom stereocenters. The van der Waals surface area contributed by atoms with Crippen LogP contribution in [0.1, 0.15) is 25.3 Å². The summed E-state index contributed by atoms with van der Waals surface area (Å²) in [5.74, 6) is 0. The van der Waals surface area contributed by atoms with Crippen molar-refractivity contribution in [1.82, 2.24) is 19.7 Å². The van der Waals surface area contributed by atoms with Crippen LogP contribution in [-0.4, -0.2) is 45.8 Å². The predicted molar refractivity (Wildman–Crippen MR) is 86.7 cm³/mol. The molecule has 3 rings (SSSR count). The van der Waals surface area contributed by atoms with Gasteiger partial charge in [0.2, 0.25) is 0 Å². The molecule has 3 heterocycles. The molecular formula is C15H23N5S. The van der Waals surface area contributed by atoms with E-state index in [9.17, 15) is 0 Å². The zero-order valence-corrected chi connectivity index (χ0v) is 13.4. The molecule has 0 N–H and O–H groups in total. The predicted octanol–water partition coefficient (Wildman–Crippen LogP) is 2.46. The molecule has 0 amide bonds. The molecule has 5 nitrogen and oxygen atoms in total. The molecule has 0 aromatic carbocycles. The third-order valence-corrected chi connectivity index (χ3v) is 4.66. The summed E-state index contributed by atoms with van der Waals surface area (Å²) in [6, 6.07) is 0. The molecule has 0 atom stereocenters. The van der Waals surface area contributed by atoms with Crippen LogP contribution in [0.25, 0.3) is 0 Å². The molecule has 1 saturated heterocycles. The van der Waals surface area contributed by atoms with E-state index in [1.807, 2.05) is 12.4 Å². The van der Waals surface area contributed by atoms with Gasteiger partial charge < -0.3 is 4.90 Å². The van der Waals surface area contributed by atoms with E-state index in [1.165, 1.54) is 12.0 Å². The first-order valence-electron chi connectivity index (χ1n) is 7.73. The Morgan fingerprint density at radius 2 is 2.19 bits per heavy atom. The summed E-state index contributed by atoms with van der Waals surface area (Å²) in [6.45, 7) is 8.63. The number of anilines is 1. The topological polar surface area (TPSA) is 37.2 Å². The highest BCUT2D eigenvalue weighted by atomic mass is 32.1. The fourth-order valence-electron chi connectivity index (χ4n) is 2.79. The molecule has 21 heavy (non-hydrogen) atoms. The first-order chi connectivity index (χ1) is 10.3. The van der Waals surface area contributed by atoms with Crippen LogP contribution < -0.4 is 4.90 Å². The number of hydrogen-bond acceptors (Lipinski definition) is 5. The molecule has 0 bridgehead atoms. The van der Waals surface area contributed by atoms with Gasteiger partial charge in [0.1, 0.15) is 0 Å². The van der Waals surface area contributed by atoms with E-state index in [-0.39, 0.29) is 0 Å². The number of thiazole rings is 1. The Labute approximate surface area is 130 Å². The average molecular weight is 305 g/mol. The minimum atomic E-state index is 1.01. The van der Waals surface area contributed by atoms with Crippen molar-refractivity contribution in [2.75, 3.05) is 31.1 Å². The van der Waals surface area contributed by atoms with E-state index in [0.29, 0.717) is 0 Å². The lowest BCUT2D eigenvalue weighted by molar-refractivity contribution is 0.285. The molecule has 6 heteroatoms. The van der Waals surface area contributed by atoms with Gasteiger partial charge in [0, 0.05) is 62.6 Å². The Bertz CT molecular complexity index is 536. The number of nitrogens with zero attached hydrogens (tertiary/aromatic N) is 5. The van der Waals surface area contributed by atoms with Gasteiger partial charge in [-0.1, -0.05) is 6.92 Å². The maximum atomic E-state index is 4.43. The molecule has 2 aromatic heterocycles. The van der Waals surface area contributed by atoms with Gasteiger partial charge in [0.05, 0.1) is 6.20 Å². The van der Waals surface area contributed by atoms with Crippen molar-refractivity contribution < 1.29 is 0 Å². The van der Waals surface area contributed by atoms with Gasteiger partial charge in [0.15, 0.2) is 5.13 Å². The molecule has 1 aliphatic rings. The van der Waals surface area contributed by atoms with Crippen LogP contribution >= 0.6 is 11.3 Å². The van der Waals surface area contributed by atoms with E-state index in [2.05, 4.69) is 43.1 Å². The first kappa shape index (κ1) is 14.5. The second kappa shape index (κ2) is 7.04. The molecule has 0 saturated carbocycles. The summed E-state index contributed by atoms with van der Waals surface area (Å²) in [5.41, 5.74) is 1.33. The van der Waals surface area contributed by atoms with Gasteiger partial charge in [-0.25, -0.2) is 4.98 Å². The van der Waals surface area contributed by atoms with Crippen molar-refractivity contribution in [3.8, 4) is 0 Å². The summed E-state index contributed by atoms with van der Waals surface area (Å²) in [4.78, 5) is 9.36. The van der Waals surface area contributed by atoms with Crippen molar-refractivity contribution in [1.29, 1.82) is 0 Å². The maximum absolute atomic E-state index is 4.43. The van der Waals surface area contributed by atoms with Crippen LogP contribution in [0.2, 0.25) is 0 Å². The third kappa shape index (κ3) is 3.83. The van der Waals surface area contributed by atoms with Crippen LogP contribution in [0.5, 0.6) is 0 Å².